The first-order chi connectivity index (χ1) is 6.73. The van der Waals surface area contributed by atoms with Crippen molar-refractivity contribution < 1.29 is 4.79 Å². The molecule has 15 heavy (non-hydrogen) atoms. The molecule has 1 aromatic heterocycles. The van der Waals surface area contributed by atoms with Gasteiger partial charge in [0.05, 0.1) is 0 Å². The number of carbonyl (C=O) groups excluding carboxylic acids is 1. The van der Waals surface area contributed by atoms with Gasteiger partial charge in [0.25, 0.3) is 0 Å². The lowest BCUT2D eigenvalue weighted by Crippen LogP contribution is -2.26. The number of ketones is 1. The Bertz CT molecular complexity index is 352. The van der Waals surface area contributed by atoms with Gasteiger partial charge in [-0.3, -0.25) is 4.79 Å². The number of rotatable bonds is 2. The Morgan fingerprint density at radius 1 is 1.47 bits per heavy atom. The van der Waals surface area contributed by atoms with Crippen LogP contribution in [0.1, 0.15) is 44.0 Å². The predicted octanol–water partition coefficient (Wildman–Crippen LogP) is 2.59. The van der Waals surface area contributed by atoms with Crippen LogP contribution in [0, 0.1) is 18.3 Å². The van der Waals surface area contributed by atoms with E-state index in [1.807, 2.05) is 25.5 Å². The van der Waals surface area contributed by atoms with Gasteiger partial charge in [0.15, 0.2) is 5.78 Å². The quantitative estimate of drug-likeness (QED) is 0.700. The van der Waals surface area contributed by atoms with Gasteiger partial charge in [-0.25, -0.2) is 4.98 Å². The molecule has 3 heteroatoms. The van der Waals surface area contributed by atoms with E-state index in [1.165, 1.54) is 0 Å². The SMILES string of the molecule is Cc1nc(C(=O)C(C)C(C)(C)C)cn1C. The Morgan fingerprint density at radius 3 is 2.33 bits per heavy atom. The lowest BCUT2D eigenvalue weighted by atomic mass is 9.79. The first-order valence-electron chi connectivity index (χ1n) is 5.27. The summed E-state index contributed by atoms with van der Waals surface area (Å²) in [6.07, 6.45) is 1.81. The van der Waals surface area contributed by atoms with Crippen molar-refractivity contribution in [2.24, 2.45) is 18.4 Å². The van der Waals surface area contributed by atoms with Crippen molar-refractivity contribution in [2.75, 3.05) is 0 Å². The third kappa shape index (κ3) is 2.46. The van der Waals surface area contributed by atoms with Gasteiger partial charge in [0, 0.05) is 19.2 Å². The first-order valence-corrected chi connectivity index (χ1v) is 5.27. The molecule has 0 radical (unpaired) electrons. The van der Waals surface area contributed by atoms with E-state index in [9.17, 15) is 4.79 Å². The third-order valence-corrected chi connectivity index (χ3v) is 3.05. The maximum atomic E-state index is 12.1. The minimum atomic E-state index is -0.0114. The van der Waals surface area contributed by atoms with Gasteiger partial charge < -0.3 is 4.57 Å². The molecule has 0 aliphatic rings. The van der Waals surface area contributed by atoms with Crippen LogP contribution in [0.15, 0.2) is 6.20 Å². The van der Waals surface area contributed by atoms with Crippen LogP contribution in [0.25, 0.3) is 0 Å². The number of hydrogen-bond acceptors (Lipinski definition) is 2. The molecule has 0 amide bonds. The van der Waals surface area contributed by atoms with E-state index in [2.05, 4.69) is 25.8 Å². The van der Waals surface area contributed by atoms with Crippen molar-refractivity contribution in [2.45, 2.75) is 34.6 Å². The summed E-state index contributed by atoms with van der Waals surface area (Å²) in [5, 5.41) is 0. The number of hydrogen-bond donors (Lipinski definition) is 0. The second kappa shape index (κ2) is 3.80. The third-order valence-electron chi connectivity index (χ3n) is 3.05. The van der Waals surface area contributed by atoms with Crippen molar-refractivity contribution in [3.8, 4) is 0 Å². The van der Waals surface area contributed by atoms with Gasteiger partial charge in [-0.05, 0) is 12.3 Å². The van der Waals surface area contributed by atoms with Crippen LogP contribution >= 0.6 is 0 Å². The molecule has 0 spiro atoms. The Balaban J connectivity index is 2.95. The van der Waals surface area contributed by atoms with Gasteiger partial charge in [-0.2, -0.15) is 0 Å². The Labute approximate surface area is 91.5 Å². The summed E-state index contributed by atoms with van der Waals surface area (Å²) in [4.78, 5) is 16.3. The van der Waals surface area contributed by atoms with Crippen LogP contribution in [0.3, 0.4) is 0 Å². The number of Topliss-reactive ketones (excluding diaryl/α,β-unsaturated/α-hetero) is 1. The fraction of sp³-hybridized carbons (Fsp3) is 0.667. The summed E-state index contributed by atoms with van der Waals surface area (Å²) in [6.45, 7) is 10.1. The molecule has 1 atom stereocenters. The molecule has 1 heterocycles. The molecule has 1 unspecified atom stereocenters. The molecule has 0 aromatic carbocycles. The Kier molecular flexibility index (Phi) is 3.03. The van der Waals surface area contributed by atoms with Gasteiger partial charge in [0.2, 0.25) is 0 Å². The molecule has 0 fully saturated rings. The number of aromatic nitrogens is 2. The Morgan fingerprint density at radius 2 is 2.00 bits per heavy atom. The largest absolute Gasteiger partial charge is 0.337 e. The zero-order valence-corrected chi connectivity index (χ0v) is 10.5. The highest BCUT2D eigenvalue weighted by atomic mass is 16.1. The molecule has 0 N–H and O–H groups in total. The Hall–Kier alpha value is -1.12. The average Bonchev–Trinajstić information content (AvgIpc) is 2.43. The summed E-state index contributed by atoms with van der Waals surface area (Å²) in [7, 11) is 1.90. The summed E-state index contributed by atoms with van der Waals surface area (Å²) >= 11 is 0. The van der Waals surface area contributed by atoms with Crippen molar-refractivity contribution in [1.82, 2.24) is 9.55 Å². The van der Waals surface area contributed by atoms with Gasteiger partial charge in [-0.15, -0.1) is 0 Å². The normalized spacial score (nSPS) is 14.0. The van der Waals surface area contributed by atoms with Crippen molar-refractivity contribution in [1.29, 1.82) is 0 Å². The fourth-order valence-electron chi connectivity index (χ4n) is 1.29. The number of nitrogens with zero attached hydrogens (tertiary/aromatic N) is 2. The van der Waals surface area contributed by atoms with Gasteiger partial charge >= 0.3 is 0 Å². The summed E-state index contributed by atoms with van der Waals surface area (Å²) < 4.78 is 1.88. The van der Waals surface area contributed by atoms with E-state index in [4.69, 9.17) is 0 Å². The molecule has 0 aliphatic carbocycles. The fourth-order valence-corrected chi connectivity index (χ4v) is 1.29. The second-order valence-corrected chi connectivity index (χ2v) is 5.24. The van der Waals surface area contributed by atoms with E-state index in [0.29, 0.717) is 5.69 Å². The van der Waals surface area contributed by atoms with Crippen LogP contribution < -0.4 is 0 Å². The van der Waals surface area contributed by atoms with Crippen molar-refractivity contribution >= 4 is 5.78 Å². The molecule has 0 bridgehead atoms. The highest BCUT2D eigenvalue weighted by Crippen LogP contribution is 2.28. The molecular formula is C12H20N2O. The molecule has 3 nitrogen and oxygen atoms in total. The molecule has 1 aromatic rings. The molecule has 0 aliphatic heterocycles. The molecule has 0 saturated carbocycles. The van der Waals surface area contributed by atoms with Gasteiger partial charge in [-0.1, -0.05) is 27.7 Å². The van der Waals surface area contributed by atoms with E-state index in [-0.39, 0.29) is 17.1 Å². The lowest BCUT2D eigenvalue weighted by molar-refractivity contribution is 0.0834. The summed E-state index contributed by atoms with van der Waals surface area (Å²) in [6, 6.07) is 0. The van der Waals surface area contributed by atoms with Crippen LogP contribution in [0.2, 0.25) is 0 Å². The van der Waals surface area contributed by atoms with E-state index in [1.54, 1.807) is 6.20 Å². The maximum Gasteiger partial charge on any atom is 0.186 e. The highest BCUT2D eigenvalue weighted by molar-refractivity contribution is 5.96. The zero-order valence-electron chi connectivity index (χ0n) is 10.5. The number of aryl methyl sites for hydroxylation is 2. The van der Waals surface area contributed by atoms with Crippen LogP contribution in [0.5, 0.6) is 0 Å². The van der Waals surface area contributed by atoms with Crippen molar-refractivity contribution in [3.05, 3.63) is 17.7 Å². The maximum absolute atomic E-state index is 12.1. The number of imidazole rings is 1. The number of carbonyl (C=O) groups is 1. The minimum absolute atomic E-state index is 0.00759. The topological polar surface area (TPSA) is 34.9 Å². The van der Waals surface area contributed by atoms with Crippen LogP contribution in [-0.4, -0.2) is 15.3 Å². The lowest BCUT2D eigenvalue weighted by Gasteiger charge is -2.25. The minimum Gasteiger partial charge on any atom is -0.337 e. The molecule has 0 saturated heterocycles. The van der Waals surface area contributed by atoms with E-state index < -0.39 is 0 Å². The summed E-state index contributed by atoms with van der Waals surface area (Å²) in [5.41, 5.74) is 0.570. The first kappa shape index (κ1) is 12.0. The second-order valence-electron chi connectivity index (χ2n) is 5.24. The molecule has 1 rings (SSSR count). The average molecular weight is 208 g/mol. The van der Waals surface area contributed by atoms with Crippen LogP contribution in [0.4, 0.5) is 0 Å². The standard InChI is InChI=1S/C12H20N2O/c1-8(12(3,4)5)11(15)10-7-14(6)9(2)13-10/h7-8H,1-6H3. The smallest absolute Gasteiger partial charge is 0.186 e. The molecular weight excluding hydrogens is 188 g/mol. The van der Waals surface area contributed by atoms with E-state index in [0.717, 1.165) is 5.82 Å². The molecule has 84 valence electrons. The van der Waals surface area contributed by atoms with Gasteiger partial charge in [0.1, 0.15) is 11.5 Å². The predicted molar refractivity (Wildman–Crippen MR) is 60.9 cm³/mol. The summed E-state index contributed by atoms with van der Waals surface area (Å²) in [5.74, 6) is 0.998. The van der Waals surface area contributed by atoms with Crippen molar-refractivity contribution in [3.63, 3.8) is 0 Å². The highest BCUT2D eigenvalue weighted by Gasteiger charge is 2.28. The monoisotopic (exact) mass is 208 g/mol. The van der Waals surface area contributed by atoms with E-state index >= 15 is 0 Å². The zero-order chi connectivity index (χ0) is 11.8. The van der Waals surface area contributed by atoms with Crippen LogP contribution in [-0.2, 0) is 7.05 Å².